The van der Waals surface area contributed by atoms with Gasteiger partial charge in [0.25, 0.3) is 5.91 Å². The molecule has 9 heteroatoms. The maximum Gasteiger partial charge on any atom is 0.257 e. The third kappa shape index (κ3) is 4.55. The summed E-state index contributed by atoms with van der Waals surface area (Å²) in [5.41, 5.74) is 12.2. The maximum absolute atomic E-state index is 13.4. The molecule has 0 spiro atoms. The van der Waals surface area contributed by atoms with Crippen LogP contribution in [0.5, 0.6) is 0 Å². The Bertz CT molecular complexity index is 1910. The highest BCUT2D eigenvalue weighted by atomic mass is 16.1. The molecule has 0 saturated heterocycles. The second kappa shape index (κ2) is 9.76. The number of hydrogen-bond acceptors (Lipinski definition) is 6. The molecule has 0 aliphatic carbocycles. The monoisotopic (exact) mass is 512 g/mol. The fourth-order valence-electron chi connectivity index (χ4n) is 4.67. The van der Waals surface area contributed by atoms with Crippen LogP contribution < -0.4 is 11.1 Å². The smallest absolute Gasteiger partial charge is 0.257 e. The van der Waals surface area contributed by atoms with E-state index in [1.807, 2.05) is 74.8 Å². The van der Waals surface area contributed by atoms with E-state index in [0.29, 0.717) is 16.6 Å². The van der Waals surface area contributed by atoms with Gasteiger partial charge >= 0.3 is 0 Å². The Morgan fingerprint density at radius 3 is 2.67 bits per heavy atom. The predicted octanol–water partition coefficient (Wildman–Crippen LogP) is 4.15. The van der Waals surface area contributed by atoms with Crippen LogP contribution in [0.4, 0.5) is 5.82 Å². The fourth-order valence-corrected chi connectivity index (χ4v) is 4.67. The van der Waals surface area contributed by atoms with Gasteiger partial charge in [0.05, 0.1) is 40.6 Å². The summed E-state index contributed by atoms with van der Waals surface area (Å²) in [7, 11) is 1.85. The highest BCUT2D eigenvalue weighted by Crippen LogP contribution is 2.33. The van der Waals surface area contributed by atoms with Crippen LogP contribution in [0.25, 0.3) is 27.5 Å². The number of benzene rings is 2. The average molecular weight is 513 g/mol. The number of rotatable bonds is 4. The van der Waals surface area contributed by atoms with E-state index in [4.69, 9.17) is 5.73 Å². The Balaban J connectivity index is 1.43. The first-order valence-electron chi connectivity index (χ1n) is 12.4. The number of carbonyl (C=O) groups is 1. The van der Waals surface area contributed by atoms with Crippen molar-refractivity contribution in [2.45, 2.75) is 13.0 Å². The lowest BCUT2D eigenvalue weighted by Gasteiger charge is -2.19. The average Bonchev–Trinajstić information content (AvgIpc) is 3.52. The Morgan fingerprint density at radius 2 is 1.87 bits per heavy atom. The lowest BCUT2D eigenvalue weighted by molar-refractivity contribution is 0.0942. The molecule has 1 amide bonds. The van der Waals surface area contributed by atoms with Crippen molar-refractivity contribution in [3.63, 3.8) is 0 Å². The van der Waals surface area contributed by atoms with Crippen LogP contribution >= 0.6 is 0 Å². The molecule has 0 unspecified atom stereocenters. The van der Waals surface area contributed by atoms with Gasteiger partial charge in [0, 0.05) is 24.8 Å². The summed E-state index contributed by atoms with van der Waals surface area (Å²) in [6.07, 6.45) is 7.01. The van der Waals surface area contributed by atoms with E-state index in [2.05, 4.69) is 43.6 Å². The summed E-state index contributed by atoms with van der Waals surface area (Å²) in [6, 6.07) is 19.2. The van der Waals surface area contributed by atoms with Crippen molar-refractivity contribution in [2.75, 3.05) is 5.73 Å². The summed E-state index contributed by atoms with van der Waals surface area (Å²) in [6.45, 7) is 1.94. The number of nitrogen functional groups attached to an aromatic ring is 1. The number of pyridine rings is 1. The van der Waals surface area contributed by atoms with E-state index in [1.54, 1.807) is 27.8 Å². The zero-order chi connectivity index (χ0) is 26.9. The highest BCUT2D eigenvalue weighted by Gasteiger charge is 2.22. The van der Waals surface area contributed by atoms with Crippen LogP contribution in [0.1, 0.15) is 40.0 Å². The topological polar surface area (TPSA) is 116 Å². The van der Waals surface area contributed by atoms with Gasteiger partial charge in [0.15, 0.2) is 5.82 Å². The van der Waals surface area contributed by atoms with Crippen molar-refractivity contribution in [3.05, 3.63) is 108 Å². The van der Waals surface area contributed by atoms with Crippen molar-refractivity contribution in [2.24, 2.45) is 7.05 Å². The van der Waals surface area contributed by atoms with Crippen molar-refractivity contribution >= 4 is 28.1 Å². The van der Waals surface area contributed by atoms with Gasteiger partial charge in [-0.25, -0.2) is 4.52 Å². The second-order valence-corrected chi connectivity index (χ2v) is 9.22. The molecule has 0 fully saturated rings. The number of anilines is 1. The van der Waals surface area contributed by atoms with Crippen LogP contribution in [0.15, 0.2) is 85.5 Å². The van der Waals surface area contributed by atoms with Crippen molar-refractivity contribution in [1.29, 1.82) is 0 Å². The van der Waals surface area contributed by atoms with Gasteiger partial charge in [-0.15, -0.1) is 5.10 Å². The number of aryl methyl sites for hydroxylation is 1. The molecule has 0 radical (unpaired) electrons. The molecule has 4 heterocycles. The van der Waals surface area contributed by atoms with Crippen LogP contribution in [-0.4, -0.2) is 35.5 Å². The minimum Gasteiger partial charge on any atom is -0.382 e. The molecule has 1 atom stereocenters. The van der Waals surface area contributed by atoms with E-state index in [-0.39, 0.29) is 17.8 Å². The SMILES string of the molecule is C[C@H](NC(=O)c1c(N)nn2ccccc12)c1cc2nncc(C#Cc3cnn(C)c3)c2cc1-c1ccccc1. The van der Waals surface area contributed by atoms with Gasteiger partial charge < -0.3 is 11.1 Å². The minimum absolute atomic E-state index is 0.176. The quantitative estimate of drug-likeness (QED) is 0.343. The summed E-state index contributed by atoms with van der Waals surface area (Å²) in [5, 5.41) is 21.0. The summed E-state index contributed by atoms with van der Waals surface area (Å²) < 4.78 is 3.31. The second-order valence-electron chi connectivity index (χ2n) is 9.22. The minimum atomic E-state index is -0.373. The Labute approximate surface area is 224 Å². The molecule has 190 valence electrons. The molecule has 39 heavy (non-hydrogen) atoms. The molecular weight excluding hydrogens is 488 g/mol. The molecule has 2 aromatic carbocycles. The fraction of sp³-hybridized carbons (Fsp3) is 0.100. The number of nitrogens with zero attached hydrogens (tertiary/aromatic N) is 6. The predicted molar refractivity (Wildman–Crippen MR) is 150 cm³/mol. The van der Waals surface area contributed by atoms with Crippen molar-refractivity contribution < 1.29 is 4.79 Å². The zero-order valence-corrected chi connectivity index (χ0v) is 21.3. The Hall–Kier alpha value is -5.49. The van der Waals surface area contributed by atoms with Crippen LogP contribution in [0.3, 0.4) is 0 Å². The number of amides is 1. The molecule has 0 aliphatic heterocycles. The van der Waals surface area contributed by atoms with Crippen molar-refractivity contribution in [3.8, 4) is 23.0 Å². The molecule has 9 nitrogen and oxygen atoms in total. The number of fused-ring (bicyclic) bond motifs is 2. The van der Waals surface area contributed by atoms with E-state index < -0.39 is 0 Å². The normalized spacial score (nSPS) is 11.7. The van der Waals surface area contributed by atoms with E-state index in [0.717, 1.165) is 33.2 Å². The lowest BCUT2D eigenvalue weighted by atomic mass is 9.92. The molecule has 3 N–H and O–H groups in total. The molecule has 6 aromatic rings. The van der Waals surface area contributed by atoms with Crippen molar-refractivity contribution in [1.82, 2.24) is 34.9 Å². The molecule has 4 aromatic heterocycles. The molecule has 0 saturated carbocycles. The zero-order valence-electron chi connectivity index (χ0n) is 21.3. The van der Waals surface area contributed by atoms with Gasteiger partial charge in [-0.1, -0.05) is 48.2 Å². The van der Waals surface area contributed by atoms with E-state index >= 15 is 0 Å². The maximum atomic E-state index is 13.4. The third-order valence-corrected chi connectivity index (χ3v) is 6.55. The summed E-state index contributed by atoms with van der Waals surface area (Å²) in [4.78, 5) is 13.4. The Kier molecular flexibility index (Phi) is 5.98. The van der Waals surface area contributed by atoms with Gasteiger partial charge in [0.1, 0.15) is 5.56 Å². The number of hydrogen-bond donors (Lipinski definition) is 2. The molecular formula is C30H24N8O. The lowest BCUT2D eigenvalue weighted by Crippen LogP contribution is -2.27. The molecule has 0 bridgehead atoms. The summed E-state index contributed by atoms with van der Waals surface area (Å²) in [5.74, 6) is 6.25. The van der Waals surface area contributed by atoms with Crippen LogP contribution in [0, 0.1) is 11.8 Å². The van der Waals surface area contributed by atoms with Gasteiger partial charge in [-0.2, -0.15) is 15.3 Å². The number of nitrogens with two attached hydrogens (primary N) is 1. The first-order chi connectivity index (χ1) is 19.0. The van der Waals surface area contributed by atoms with E-state index in [9.17, 15) is 4.79 Å². The van der Waals surface area contributed by atoms with Gasteiger partial charge in [0.2, 0.25) is 0 Å². The summed E-state index contributed by atoms with van der Waals surface area (Å²) >= 11 is 0. The highest BCUT2D eigenvalue weighted by molar-refractivity contribution is 6.05. The largest absolute Gasteiger partial charge is 0.382 e. The standard InChI is InChI=1S/C30H24N8O/c1-19(34-30(39)28-27-10-6-7-13-38(27)36-29(28)31)23-15-26-25(14-24(23)21-8-4-3-5-9-21)22(17-32-35-26)12-11-20-16-33-37(2)18-20/h3-10,13-19H,1-2H3,(H2,31,36)(H,34,39)/t19-/m0/s1. The third-order valence-electron chi connectivity index (χ3n) is 6.55. The van der Waals surface area contributed by atoms with E-state index in [1.165, 1.54) is 0 Å². The molecule has 6 rings (SSSR count). The number of aromatic nitrogens is 6. The number of carbonyl (C=O) groups excluding carboxylic acids is 1. The van der Waals surface area contributed by atoms with Crippen LogP contribution in [-0.2, 0) is 7.05 Å². The van der Waals surface area contributed by atoms with Gasteiger partial charge in [-0.05, 0) is 47.9 Å². The number of nitrogens with one attached hydrogen (secondary N) is 1. The Morgan fingerprint density at radius 1 is 1.05 bits per heavy atom. The molecule has 0 aliphatic rings. The van der Waals surface area contributed by atoms with Gasteiger partial charge in [-0.3, -0.25) is 9.48 Å². The van der Waals surface area contributed by atoms with Crippen LogP contribution in [0.2, 0.25) is 0 Å². The first kappa shape index (κ1) is 23.9. The first-order valence-corrected chi connectivity index (χ1v) is 12.4.